The fourth-order valence-electron chi connectivity index (χ4n) is 2.09. The predicted octanol–water partition coefficient (Wildman–Crippen LogP) is 6.60. The zero-order valence-electron chi connectivity index (χ0n) is 11.2. The smallest absolute Gasteiger partial charge is 0.0612 e. The van der Waals surface area contributed by atoms with Gasteiger partial charge in [0, 0.05) is 10.7 Å². The molecule has 4 heteroatoms. The van der Waals surface area contributed by atoms with Crippen molar-refractivity contribution in [3.05, 3.63) is 63.1 Å². The Morgan fingerprint density at radius 1 is 0.950 bits per heavy atom. The molecule has 0 radical (unpaired) electrons. The molecule has 0 bridgehead atoms. The van der Waals surface area contributed by atoms with Crippen LogP contribution in [0.3, 0.4) is 0 Å². The Bertz CT molecular complexity index is 566. The summed E-state index contributed by atoms with van der Waals surface area (Å²) in [7, 11) is 0. The summed E-state index contributed by atoms with van der Waals surface area (Å²) in [6.07, 6.45) is 2.11. The van der Waals surface area contributed by atoms with Crippen LogP contribution in [0.5, 0.6) is 0 Å². The molecule has 0 spiro atoms. The fourth-order valence-corrected chi connectivity index (χ4v) is 2.52. The zero-order chi connectivity index (χ0) is 14.5. The van der Waals surface area contributed by atoms with Gasteiger partial charge in [0.15, 0.2) is 0 Å². The number of halogens is 3. The first-order valence-corrected chi connectivity index (χ1v) is 7.70. The molecule has 0 heterocycles. The normalized spacial score (nSPS) is 12.2. The molecule has 0 aliphatic heterocycles. The van der Waals surface area contributed by atoms with Crippen LogP contribution in [0, 0.1) is 0 Å². The molecule has 2 aromatic carbocycles. The van der Waals surface area contributed by atoms with Crippen LogP contribution in [0.4, 0.5) is 5.69 Å². The first kappa shape index (κ1) is 15.5. The minimum absolute atomic E-state index is 0.231. The van der Waals surface area contributed by atoms with Gasteiger partial charge in [-0.1, -0.05) is 60.3 Å². The van der Waals surface area contributed by atoms with E-state index < -0.39 is 0 Å². The van der Waals surface area contributed by atoms with Gasteiger partial charge in [-0.25, -0.2) is 0 Å². The lowest BCUT2D eigenvalue weighted by Gasteiger charge is -2.20. The largest absolute Gasteiger partial charge is 0.378 e. The maximum Gasteiger partial charge on any atom is 0.0612 e. The molecule has 106 valence electrons. The van der Waals surface area contributed by atoms with Gasteiger partial charge in [0.1, 0.15) is 0 Å². The van der Waals surface area contributed by atoms with Gasteiger partial charge in [-0.15, -0.1) is 0 Å². The molecule has 0 aliphatic carbocycles. The fraction of sp³-hybridized carbons (Fsp3) is 0.250. The summed E-state index contributed by atoms with van der Waals surface area (Å²) in [5.74, 6) is 0. The second-order valence-electron chi connectivity index (χ2n) is 4.67. The van der Waals surface area contributed by atoms with Crippen molar-refractivity contribution < 1.29 is 0 Å². The lowest BCUT2D eigenvalue weighted by molar-refractivity contribution is 0.678. The van der Waals surface area contributed by atoms with Gasteiger partial charge in [0.25, 0.3) is 0 Å². The highest BCUT2D eigenvalue weighted by molar-refractivity contribution is 6.42. The van der Waals surface area contributed by atoms with Crippen LogP contribution < -0.4 is 5.32 Å². The number of hydrogen-bond acceptors (Lipinski definition) is 1. The Labute approximate surface area is 134 Å². The second-order valence-corrected chi connectivity index (χ2v) is 5.92. The molecule has 2 rings (SSSR count). The molecule has 1 nitrogen and oxygen atoms in total. The number of nitrogens with one attached hydrogen (secondary N) is 1. The van der Waals surface area contributed by atoms with Crippen LogP contribution in [-0.4, -0.2) is 0 Å². The van der Waals surface area contributed by atoms with Crippen LogP contribution in [0.15, 0.2) is 42.5 Å². The Balaban J connectivity index is 2.20. The number of anilines is 1. The standard InChI is InChI=1S/C16H16Cl3N/c1-2-3-16(11-4-6-12(17)7-5-11)20-13-8-9-14(18)15(19)10-13/h4-10,16,20H,2-3H2,1H3. The van der Waals surface area contributed by atoms with Crippen LogP contribution in [0.25, 0.3) is 0 Å². The summed E-state index contributed by atoms with van der Waals surface area (Å²) < 4.78 is 0. The molecule has 0 aliphatic rings. The number of hydrogen-bond donors (Lipinski definition) is 1. The second kappa shape index (κ2) is 7.21. The molecule has 0 saturated heterocycles. The van der Waals surface area contributed by atoms with Gasteiger partial charge in [-0.2, -0.15) is 0 Å². The molecule has 20 heavy (non-hydrogen) atoms. The third-order valence-electron chi connectivity index (χ3n) is 3.11. The predicted molar refractivity (Wildman–Crippen MR) is 89.2 cm³/mol. The summed E-state index contributed by atoms with van der Waals surface area (Å²) in [5.41, 5.74) is 2.18. The van der Waals surface area contributed by atoms with Crippen LogP contribution in [-0.2, 0) is 0 Å². The van der Waals surface area contributed by atoms with Crippen molar-refractivity contribution in [2.75, 3.05) is 5.32 Å². The number of benzene rings is 2. The highest BCUT2D eigenvalue weighted by atomic mass is 35.5. The topological polar surface area (TPSA) is 12.0 Å². The average Bonchev–Trinajstić information content (AvgIpc) is 2.43. The van der Waals surface area contributed by atoms with Crippen molar-refractivity contribution in [2.45, 2.75) is 25.8 Å². The van der Waals surface area contributed by atoms with E-state index in [2.05, 4.69) is 12.2 Å². The maximum absolute atomic E-state index is 6.05. The summed E-state index contributed by atoms with van der Waals surface area (Å²) in [5, 5.41) is 5.37. The first-order valence-electron chi connectivity index (χ1n) is 6.57. The van der Waals surface area contributed by atoms with E-state index in [1.165, 1.54) is 5.56 Å². The van der Waals surface area contributed by atoms with Crippen LogP contribution in [0.2, 0.25) is 15.1 Å². The molecular formula is C16H16Cl3N. The van der Waals surface area contributed by atoms with E-state index in [1.54, 1.807) is 6.07 Å². The van der Waals surface area contributed by atoms with E-state index >= 15 is 0 Å². The van der Waals surface area contributed by atoms with Gasteiger partial charge in [-0.3, -0.25) is 0 Å². The molecule has 0 saturated carbocycles. The van der Waals surface area contributed by atoms with E-state index in [-0.39, 0.29) is 6.04 Å². The molecule has 0 fully saturated rings. The Hall–Kier alpha value is -0.890. The van der Waals surface area contributed by atoms with Gasteiger partial charge in [0.2, 0.25) is 0 Å². The SMILES string of the molecule is CCCC(Nc1ccc(Cl)c(Cl)c1)c1ccc(Cl)cc1. The minimum atomic E-state index is 0.231. The van der Waals surface area contributed by atoms with Crippen molar-refractivity contribution >= 4 is 40.5 Å². The summed E-state index contributed by atoms with van der Waals surface area (Å²) >= 11 is 17.9. The Morgan fingerprint density at radius 3 is 2.25 bits per heavy atom. The lowest BCUT2D eigenvalue weighted by atomic mass is 10.0. The van der Waals surface area contributed by atoms with Crippen molar-refractivity contribution in [3.8, 4) is 0 Å². The Morgan fingerprint density at radius 2 is 1.65 bits per heavy atom. The lowest BCUT2D eigenvalue weighted by Crippen LogP contribution is -2.10. The molecule has 1 atom stereocenters. The van der Waals surface area contributed by atoms with Crippen molar-refractivity contribution in [1.82, 2.24) is 0 Å². The quantitative estimate of drug-likeness (QED) is 0.652. The van der Waals surface area contributed by atoms with Crippen molar-refractivity contribution in [1.29, 1.82) is 0 Å². The molecule has 2 aromatic rings. The third-order valence-corrected chi connectivity index (χ3v) is 4.10. The van der Waals surface area contributed by atoms with E-state index in [9.17, 15) is 0 Å². The molecule has 1 unspecified atom stereocenters. The van der Waals surface area contributed by atoms with Gasteiger partial charge in [0.05, 0.1) is 16.1 Å². The highest BCUT2D eigenvalue weighted by Gasteiger charge is 2.11. The molecular weight excluding hydrogens is 313 g/mol. The molecule has 0 aromatic heterocycles. The van der Waals surface area contributed by atoms with Gasteiger partial charge >= 0.3 is 0 Å². The Kier molecular flexibility index (Phi) is 5.59. The maximum atomic E-state index is 6.05. The molecule has 0 amide bonds. The van der Waals surface area contributed by atoms with Crippen LogP contribution in [0.1, 0.15) is 31.4 Å². The van der Waals surface area contributed by atoms with E-state index in [4.69, 9.17) is 34.8 Å². The number of rotatable bonds is 5. The third kappa shape index (κ3) is 4.05. The highest BCUT2D eigenvalue weighted by Crippen LogP contribution is 2.29. The monoisotopic (exact) mass is 327 g/mol. The first-order chi connectivity index (χ1) is 9.60. The van der Waals surface area contributed by atoms with E-state index in [1.807, 2.05) is 36.4 Å². The summed E-state index contributed by atoms with van der Waals surface area (Å²) in [6.45, 7) is 2.17. The van der Waals surface area contributed by atoms with Crippen molar-refractivity contribution in [2.24, 2.45) is 0 Å². The molecule has 1 N–H and O–H groups in total. The minimum Gasteiger partial charge on any atom is -0.378 e. The van der Waals surface area contributed by atoms with E-state index in [0.29, 0.717) is 10.0 Å². The van der Waals surface area contributed by atoms with Crippen molar-refractivity contribution in [3.63, 3.8) is 0 Å². The van der Waals surface area contributed by atoms with Crippen LogP contribution >= 0.6 is 34.8 Å². The van der Waals surface area contributed by atoms with E-state index in [0.717, 1.165) is 23.6 Å². The summed E-state index contributed by atoms with van der Waals surface area (Å²) in [4.78, 5) is 0. The summed E-state index contributed by atoms with van der Waals surface area (Å²) in [6, 6.07) is 13.7. The average molecular weight is 329 g/mol. The zero-order valence-corrected chi connectivity index (χ0v) is 13.4. The van der Waals surface area contributed by atoms with Gasteiger partial charge in [-0.05, 0) is 42.3 Å². The van der Waals surface area contributed by atoms with Gasteiger partial charge < -0.3 is 5.32 Å².